The second-order valence-corrected chi connectivity index (χ2v) is 5.58. The fraction of sp³-hybridized carbons (Fsp3) is 0.562. The van der Waals surface area contributed by atoms with E-state index in [9.17, 15) is 4.79 Å². The molecule has 1 N–H and O–H groups in total. The second-order valence-electron chi connectivity index (χ2n) is 5.58. The normalized spacial score (nSPS) is 20.6. The molecule has 1 atom stereocenters. The number of piperazine rings is 1. The van der Waals surface area contributed by atoms with Gasteiger partial charge in [-0.05, 0) is 12.1 Å². The third-order valence-electron chi connectivity index (χ3n) is 4.21. The van der Waals surface area contributed by atoms with Crippen LogP contribution in [-0.4, -0.2) is 69.9 Å². The summed E-state index contributed by atoms with van der Waals surface area (Å²) in [6, 6.07) is 8.05. The Balaban J connectivity index is 0.00000144. The lowest BCUT2D eigenvalue weighted by atomic mass is 10.2. The van der Waals surface area contributed by atoms with E-state index in [-0.39, 0.29) is 36.8 Å². The lowest BCUT2D eigenvalue weighted by Gasteiger charge is -2.38. The van der Waals surface area contributed by atoms with Crippen LogP contribution in [0.1, 0.15) is 0 Å². The monoisotopic (exact) mass is 377 g/mol. The van der Waals surface area contributed by atoms with Crippen LogP contribution in [0.25, 0.3) is 0 Å². The first kappa shape index (κ1) is 20.8. The molecular formula is C16H25Cl2N3O3. The van der Waals surface area contributed by atoms with Gasteiger partial charge in [0, 0.05) is 51.0 Å². The predicted molar refractivity (Wildman–Crippen MR) is 98.9 cm³/mol. The van der Waals surface area contributed by atoms with Crippen molar-refractivity contribution in [2.24, 2.45) is 0 Å². The Morgan fingerprint density at radius 2 is 2.00 bits per heavy atom. The van der Waals surface area contributed by atoms with Gasteiger partial charge in [0.25, 0.3) is 5.91 Å². The number of halogens is 2. The molecule has 1 aromatic rings. The van der Waals surface area contributed by atoms with Crippen molar-refractivity contribution in [1.82, 2.24) is 10.2 Å². The number of amides is 1. The first-order valence-corrected chi connectivity index (χ1v) is 7.78. The van der Waals surface area contributed by atoms with E-state index in [0.717, 1.165) is 44.2 Å². The Kier molecular flexibility index (Phi) is 8.62. The summed E-state index contributed by atoms with van der Waals surface area (Å²) in [6.45, 7) is 5.19. The molecule has 6 nitrogen and oxygen atoms in total. The summed E-state index contributed by atoms with van der Waals surface area (Å²) in [7, 11) is 1.67. The summed E-state index contributed by atoms with van der Waals surface area (Å²) in [4.78, 5) is 16.6. The summed E-state index contributed by atoms with van der Waals surface area (Å²) >= 11 is 0. The van der Waals surface area contributed by atoms with Crippen LogP contribution in [0.15, 0.2) is 24.3 Å². The van der Waals surface area contributed by atoms with Gasteiger partial charge >= 0.3 is 0 Å². The molecule has 2 fully saturated rings. The fourth-order valence-electron chi connectivity index (χ4n) is 2.92. The van der Waals surface area contributed by atoms with Crippen molar-refractivity contribution >= 4 is 36.4 Å². The third kappa shape index (κ3) is 4.89. The molecule has 1 aromatic carbocycles. The molecule has 2 saturated heterocycles. The number of nitrogens with zero attached hydrogens (tertiary/aromatic N) is 2. The minimum atomic E-state index is -0.322. The van der Waals surface area contributed by atoms with E-state index in [1.54, 1.807) is 7.11 Å². The second kappa shape index (κ2) is 9.93. The SMILES string of the molecule is COc1cccc(N2CCN(C(=O)C3CNCCO3)CC2)c1.Cl.Cl. The van der Waals surface area contributed by atoms with Gasteiger partial charge in [-0.1, -0.05) is 6.07 Å². The number of carbonyl (C=O) groups excluding carboxylic acids is 1. The molecule has 2 aliphatic rings. The maximum absolute atomic E-state index is 12.4. The third-order valence-corrected chi connectivity index (χ3v) is 4.21. The number of hydrogen-bond donors (Lipinski definition) is 1. The van der Waals surface area contributed by atoms with Crippen molar-refractivity contribution < 1.29 is 14.3 Å². The first-order chi connectivity index (χ1) is 10.8. The molecule has 8 heteroatoms. The highest BCUT2D eigenvalue weighted by molar-refractivity contribution is 5.85. The summed E-state index contributed by atoms with van der Waals surface area (Å²) in [6.07, 6.45) is -0.322. The van der Waals surface area contributed by atoms with Gasteiger partial charge in [-0.3, -0.25) is 4.79 Å². The van der Waals surface area contributed by atoms with Gasteiger partial charge in [-0.2, -0.15) is 0 Å². The standard InChI is InChI=1S/C16H23N3O3.2ClH/c1-21-14-4-2-3-13(11-14)18-6-8-19(9-7-18)16(20)15-12-17-5-10-22-15;;/h2-4,11,15,17H,5-10,12H2,1H3;2*1H. The van der Waals surface area contributed by atoms with Gasteiger partial charge < -0.3 is 24.6 Å². The number of rotatable bonds is 3. The number of morpholine rings is 1. The lowest BCUT2D eigenvalue weighted by Crippen LogP contribution is -2.55. The Bertz CT molecular complexity index is 519. The molecule has 1 unspecified atom stereocenters. The quantitative estimate of drug-likeness (QED) is 0.856. The lowest BCUT2D eigenvalue weighted by molar-refractivity contribution is -0.145. The molecule has 136 valence electrons. The molecule has 2 heterocycles. The van der Waals surface area contributed by atoms with Crippen molar-refractivity contribution in [3.63, 3.8) is 0 Å². The van der Waals surface area contributed by atoms with Crippen molar-refractivity contribution in [3.8, 4) is 5.75 Å². The van der Waals surface area contributed by atoms with Crippen molar-refractivity contribution in [2.75, 3.05) is 57.9 Å². The molecule has 0 aromatic heterocycles. The van der Waals surface area contributed by atoms with E-state index in [2.05, 4.69) is 16.3 Å². The number of carbonyl (C=O) groups is 1. The molecule has 1 amide bonds. The van der Waals surface area contributed by atoms with Crippen molar-refractivity contribution in [3.05, 3.63) is 24.3 Å². The van der Waals surface area contributed by atoms with E-state index in [1.165, 1.54) is 0 Å². The average molecular weight is 378 g/mol. The largest absolute Gasteiger partial charge is 0.497 e. The van der Waals surface area contributed by atoms with E-state index < -0.39 is 0 Å². The van der Waals surface area contributed by atoms with Gasteiger partial charge in [0.15, 0.2) is 0 Å². The van der Waals surface area contributed by atoms with Crippen molar-refractivity contribution in [1.29, 1.82) is 0 Å². The molecule has 0 aliphatic carbocycles. The van der Waals surface area contributed by atoms with Crippen LogP contribution in [0.3, 0.4) is 0 Å². The van der Waals surface area contributed by atoms with E-state index in [0.29, 0.717) is 13.2 Å². The molecule has 0 spiro atoms. The van der Waals surface area contributed by atoms with Gasteiger partial charge in [0.05, 0.1) is 13.7 Å². The molecule has 24 heavy (non-hydrogen) atoms. The summed E-state index contributed by atoms with van der Waals surface area (Å²) in [5, 5.41) is 3.21. The summed E-state index contributed by atoms with van der Waals surface area (Å²) in [5.74, 6) is 0.968. The van der Waals surface area contributed by atoms with Crippen LogP contribution >= 0.6 is 24.8 Å². The molecule has 2 aliphatic heterocycles. The molecule has 3 rings (SSSR count). The molecular weight excluding hydrogens is 353 g/mol. The smallest absolute Gasteiger partial charge is 0.253 e. The highest BCUT2D eigenvalue weighted by Gasteiger charge is 2.29. The zero-order valence-corrected chi connectivity index (χ0v) is 15.4. The fourth-order valence-corrected chi connectivity index (χ4v) is 2.92. The maximum Gasteiger partial charge on any atom is 0.253 e. The van der Waals surface area contributed by atoms with Crippen LogP contribution in [0.4, 0.5) is 5.69 Å². The number of anilines is 1. The summed E-state index contributed by atoms with van der Waals surface area (Å²) < 4.78 is 10.8. The topological polar surface area (TPSA) is 54.0 Å². The van der Waals surface area contributed by atoms with Crippen LogP contribution in [0, 0.1) is 0 Å². The zero-order chi connectivity index (χ0) is 15.4. The highest BCUT2D eigenvalue weighted by atomic mass is 35.5. The zero-order valence-electron chi connectivity index (χ0n) is 13.8. The Labute approximate surface area is 155 Å². The Hall–Kier alpha value is -1.21. The van der Waals surface area contributed by atoms with Crippen molar-refractivity contribution in [2.45, 2.75) is 6.10 Å². The molecule has 0 saturated carbocycles. The van der Waals surface area contributed by atoms with E-state index in [4.69, 9.17) is 9.47 Å². The number of hydrogen-bond acceptors (Lipinski definition) is 5. The Morgan fingerprint density at radius 3 is 2.62 bits per heavy atom. The minimum Gasteiger partial charge on any atom is -0.497 e. The van der Waals surface area contributed by atoms with Crippen LogP contribution in [-0.2, 0) is 9.53 Å². The molecule has 0 radical (unpaired) electrons. The first-order valence-electron chi connectivity index (χ1n) is 7.78. The van der Waals surface area contributed by atoms with E-state index >= 15 is 0 Å². The van der Waals surface area contributed by atoms with Crippen LogP contribution in [0.5, 0.6) is 5.75 Å². The van der Waals surface area contributed by atoms with Gasteiger partial charge in [-0.15, -0.1) is 24.8 Å². The van der Waals surface area contributed by atoms with Gasteiger partial charge in [0.2, 0.25) is 0 Å². The number of nitrogens with one attached hydrogen (secondary N) is 1. The van der Waals surface area contributed by atoms with E-state index in [1.807, 2.05) is 23.1 Å². The Morgan fingerprint density at radius 1 is 1.25 bits per heavy atom. The van der Waals surface area contributed by atoms with Crippen LogP contribution in [0.2, 0.25) is 0 Å². The van der Waals surface area contributed by atoms with Gasteiger partial charge in [0.1, 0.15) is 11.9 Å². The minimum absolute atomic E-state index is 0. The average Bonchev–Trinajstić information content (AvgIpc) is 2.62. The number of methoxy groups -OCH3 is 1. The summed E-state index contributed by atoms with van der Waals surface area (Å²) in [5.41, 5.74) is 1.14. The molecule has 0 bridgehead atoms. The van der Waals surface area contributed by atoms with Gasteiger partial charge in [-0.25, -0.2) is 0 Å². The highest BCUT2D eigenvalue weighted by Crippen LogP contribution is 2.22. The van der Waals surface area contributed by atoms with Crippen LogP contribution < -0.4 is 15.0 Å². The number of ether oxygens (including phenoxy) is 2. The number of benzene rings is 1. The maximum atomic E-state index is 12.4. The predicted octanol–water partition coefficient (Wildman–Crippen LogP) is 1.18.